The standard InChI is InChI=1S/C25H36N6O/c1-16(2)22(23-27-28-29-31(23)25(4,5)6)30(20-9-7-8-10-20)15-19-14-18-12-11-17(3)13-21(18)26-24(19)32/h11-14,16,20,22H,7-10,15H2,1-6H3,(H,26,32)/t22-/m0/s1. The quantitative estimate of drug-likeness (QED) is 0.605. The summed E-state index contributed by atoms with van der Waals surface area (Å²) >= 11 is 0. The molecule has 0 amide bonds. The maximum Gasteiger partial charge on any atom is 0.252 e. The first kappa shape index (κ1) is 22.6. The second kappa shape index (κ2) is 8.77. The molecule has 0 spiro atoms. The van der Waals surface area contributed by atoms with Gasteiger partial charge in [-0.2, -0.15) is 0 Å². The van der Waals surface area contributed by atoms with E-state index in [1.165, 1.54) is 12.8 Å². The van der Waals surface area contributed by atoms with E-state index in [9.17, 15) is 4.79 Å². The largest absolute Gasteiger partial charge is 0.322 e. The number of aromatic amines is 1. The average molecular weight is 437 g/mol. The smallest absolute Gasteiger partial charge is 0.252 e. The van der Waals surface area contributed by atoms with Crippen molar-refractivity contribution in [2.45, 2.75) is 91.4 Å². The molecule has 2 heterocycles. The van der Waals surface area contributed by atoms with Crippen molar-refractivity contribution in [2.24, 2.45) is 5.92 Å². The monoisotopic (exact) mass is 436 g/mol. The summed E-state index contributed by atoms with van der Waals surface area (Å²) in [5.41, 5.74) is 2.61. The Hall–Kier alpha value is -2.54. The minimum absolute atomic E-state index is 0.0102. The fourth-order valence-electron chi connectivity index (χ4n) is 5.05. The van der Waals surface area contributed by atoms with Gasteiger partial charge in [-0.15, -0.1) is 5.10 Å². The van der Waals surface area contributed by atoms with Crippen molar-refractivity contribution >= 4 is 10.9 Å². The van der Waals surface area contributed by atoms with Crippen LogP contribution < -0.4 is 5.56 Å². The highest BCUT2D eigenvalue weighted by molar-refractivity contribution is 5.79. The van der Waals surface area contributed by atoms with Gasteiger partial charge in [0.25, 0.3) is 5.56 Å². The highest BCUT2D eigenvalue weighted by atomic mass is 16.1. The SMILES string of the molecule is Cc1ccc2cc(CN(C3CCCC3)[C@H](c3nnnn3C(C)(C)C)C(C)C)c(=O)[nH]c2c1. The van der Waals surface area contributed by atoms with E-state index in [1.54, 1.807) is 0 Å². The van der Waals surface area contributed by atoms with Crippen LogP contribution in [-0.2, 0) is 12.1 Å². The third-order valence-electron chi connectivity index (χ3n) is 6.61. The number of aryl methyl sites for hydroxylation is 1. The Morgan fingerprint density at radius 2 is 1.91 bits per heavy atom. The molecule has 1 saturated carbocycles. The molecule has 172 valence electrons. The lowest BCUT2D eigenvalue weighted by atomic mass is 9.96. The normalized spacial score (nSPS) is 16.5. The number of aromatic nitrogens is 5. The van der Waals surface area contributed by atoms with E-state index in [0.717, 1.165) is 40.7 Å². The molecule has 4 rings (SSSR count). The number of rotatable bonds is 6. The third kappa shape index (κ3) is 4.49. The molecule has 3 aromatic rings. The highest BCUT2D eigenvalue weighted by Gasteiger charge is 2.37. The number of H-pyrrole nitrogens is 1. The van der Waals surface area contributed by atoms with Gasteiger partial charge in [0.05, 0.1) is 11.6 Å². The fraction of sp³-hybridized carbons (Fsp3) is 0.600. The van der Waals surface area contributed by atoms with Crippen LogP contribution in [0.15, 0.2) is 29.1 Å². The van der Waals surface area contributed by atoms with Crippen LogP contribution in [0.25, 0.3) is 10.9 Å². The van der Waals surface area contributed by atoms with Crippen LogP contribution in [-0.4, -0.2) is 36.1 Å². The molecule has 1 atom stereocenters. The van der Waals surface area contributed by atoms with Gasteiger partial charge in [0, 0.05) is 23.7 Å². The first-order valence-electron chi connectivity index (χ1n) is 11.8. The lowest BCUT2D eigenvalue weighted by Gasteiger charge is -2.39. The summed E-state index contributed by atoms with van der Waals surface area (Å²) in [5.74, 6) is 1.18. The Balaban J connectivity index is 1.78. The second-order valence-corrected chi connectivity index (χ2v) is 10.6. The number of hydrogen-bond acceptors (Lipinski definition) is 5. The highest BCUT2D eigenvalue weighted by Crippen LogP contribution is 2.36. The molecular formula is C25H36N6O. The Morgan fingerprint density at radius 1 is 1.19 bits per heavy atom. The molecule has 7 heteroatoms. The van der Waals surface area contributed by atoms with Gasteiger partial charge in [0.15, 0.2) is 5.82 Å². The minimum atomic E-state index is -0.217. The number of tetrazole rings is 1. The van der Waals surface area contributed by atoms with Gasteiger partial charge in [-0.3, -0.25) is 9.69 Å². The molecule has 1 aliphatic rings. The van der Waals surface area contributed by atoms with Gasteiger partial charge in [0.2, 0.25) is 0 Å². The Labute approximate surface area is 190 Å². The second-order valence-electron chi connectivity index (χ2n) is 10.6. The first-order chi connectivity index (χ1) is 15.1. The Kier molecular flexibility index (Phi) is 6.21. The van der Waals surface area contributed by atoms with Crippen molar-refractivity contribution in [2.75, 3.05) is 0 Å². The minimum Gasteiger partial charge on any atom is -0.322 e. The summed E-state index contributed by atoms with van der Waals surface area (Å²) in [4.78, 5) is 18.7. The molecule has 0 saturated heterocycles. The van der Waals surface area contributed by atoms with Crippen LogP contribution in [0.2, 0.25) is 0 Å². The van der Waals surface area contributed by atoms with Crippen LogP contribution in [0, 0.1) is 12.8 Å². The number of hydrogen-bond donors (Lipinski definition) is 1. The maximum atomic E-state index is 13.1. The molecule has 1 N–H and O–H groups in total. The predicted molar refractivity (Wildman–Crippen MR) is 127 cm³/mol. The Morgan fingerprint density at radius 3 is 2.56 bits per heavy atom. The molecule has 0 radical (unpaired) electrons. The van der Waals surface area contributed by atoms with E-state index < -0.39 is 0 Å². The van der Waals surface area contributed by atoms with Crippen molar-refractivity contribution in [1.29, 1.82) is 0 Å². The maximum absolute atomic E-state index is 13.1. The molecule has 32 heavy (non-hydrogen) atoms. The summed E-state index contributed by atoms with van der Waals surface area (Å²) in [7, 11) is 0. The van der Waals surface area contributed by atoms with Crippen LogP contribution in [0.3, 0.4) is 0 Å². The summed E-state index contributed by atoms with van der Waals surface area (Å²) in [6.07, 6.45) is 4.74. The van der Waals surface area contributed by atoms with Gasteiger partial charge in [-0.1, -0.05) is 38.8 Å². The molecule has 0 aliphatic heterocycles. The van der Waals surface area contributed by atoms with E-state index >= 15 is 0 Å². The molecule has 2 aromatic heterocycles. The lowest BCUT2D eigenvalue weighted by Crippen LogP contribution is -2.42. The summed E-state index contributed by atoms with van der Waals surface area (Å²) < 4.78 is 1.95. The van der Waals surface area contributed by atoms with Crippen molar-refractivity contribution in [3.05, 3.63) is 51.6 Å². The predicted octanol–water partition coefficient (Wildman–Crippen LogP) is 4.72. The zero-order valence-electron chi connectivity index (χ0n) is 20.2. The van der Waals surface area contributed by atoms with Gasteiger partial charge < -0.3 is 4.98 Å². The lowest BCUT2D eigenvalue weighted by molar-refractivity contribution is 0.0802. The molecule has 1 fully saturated rings. The van der Waals surface area contributed by atoms with Gasteiger partial charge >= 0.3 is 0 Å². The number of pyridine rings is 1. The van der Waals surface area contributed by atoms with Crippen molar-refractivity contribution < 1.29 is 0 Å². The van der Waals surface area contributed by atoms with Crippen LogP contribution in [0.1, 0.15) is 83.3 Å². The zero-order chi connectivity index (χ0) is 23.0. The molecular weight excluding hydrogens is 400 g/mol. The molecule has 7 nitrogen and oxygen atoms in total. The van der Waals surface area contributed by atoms with Gasteiger partial charge in [0.1, 0.15) is 0 Å². The summed E-state index contributed by atoms with van der Waals surface area (Å²) in [6.45, 7) is 13.5. The van der Waals surface area contributed by atoms with E-state index in [0.29, 0.717) is 18.5 Å². The van der Waals surface area contributed by atoms with Gasteiger partial charge in [-0.25, -0.2) is 4.68 Å². The van der Waals surface area contributed by atoms with Crippen LogP contribution >= 0.6 is 0 Å². The molecule has 1 aliphatic carbocycles. The number of fused-ring (bicyclic) bond motifs is 1. The van der Waals surface area contributed by atoms with Crippen molar-refractivity contribution in [1.82, 2.24) is 30.1 Å². The van der Waals surface area contributed by atoms with Crippen LogP contribution in [0.5, 0.6) is 0 Å². The zero-order valence-corrected chi connectivity index (χ0v) is 20.2. The first-order valence-corrected chi connectivity index (χ1v) is 11.8. The van der Waals surface area contributed by atoms with Gasteiger partial charge in [-0.05, 0) is 80.0 Å². The van der Waals surface area contributed by atoms with Crippen molar-refractivity contribution in [3.8, 4) is 0 Å². The molecule has 0 bridgehead atoms. The number of nitrogens with one attached hydrogen (secondary N) is 1. The van der Waals surface area contributed by atoms with E-state index in [-0.39, 0.29) is 17.1 Å². The Bertz CT molecular complexity index is 1130. The topological polar surface area (TPSA) is 79.7 Å². The molecule has 0 unspecified atom stereocenters. The third-order valence-corrected chi connectivity index (χ3v) is 6.61. The number of benzene rings is 1. The van der Waals surface area contributed by atoms with Crippen LogP contribution in [0.4, 0.5) is 0 Å². The molecule has 1 aromatic carbocycles. The average Bonchev–Trinajstić information content (AvgIpc) is 3.39. The van der Waals surface area contributed by atoms with Crippen molar-refractivity contribution in [3.63, 3.8) is 0 Å². The van der Waals surface area contributed by atoms with E-state index in [1.807, 2.05) is 17.7 Å². The van der Waals surface area contributed by atoms with E-state index in [2.05, 4.69) is 78.2 Å². The van der Waals surface area contributed by atoms with E-state index in [4.69, 9.17) is 0 Å². The number of nitrogens with zero attached hydrogens (tertiary/aromatic N) is 5. The fourth-order valence-corrected chi connectivity index (χ4v) is 5.05. The summed E-state index contributed by atoms with van der Waals surface area (Å²) in [6, 6.07) is 8.71. The summed E-state index contributed by atoms with van der Waals surface area (Å²) in [5, 5.41) is 13.9.